The van der Waals surface area contributed by atoms with E-state index in [0.29, 0.717) is 10.6 Å². The van der Waals surface area contributed by atoms with Crippen LogP contribution in [0, 0.1) is 0 Å². The number of hydrogen-bond acceptors (Lipinski definition) is 1. The van der Waals surface area contributed by atoms with Gasteiger partial charge >= 0.3 is 0 Å². The zero-order chi connectivity index (χ0) is 11.5. The highest BCUT2D eigenvalue weighted by Gasteiger charge is 2.48. The molecule has 3 rings (SSSR count). The molecule has 16 heavy (non-hydrogen) atoms. The Morgan fingerprint density at radius 2 is 2.19 bits per heavy atom. The monoisotopic (exact) mass is 231 g/mol. The summed E-state index contributed by atoms with van der Waals surface area (Å²) >= 11 is 5.92. The molecule has 0 N–H and O–H groups in total. The quantitative estimate of drug-likeness (QED) is 0.672. The molecule has 0 saturated carbocycles. The second kappa shape index (κ2) is 2.77. The van der Waals surface area contributed by atoms with Crippen LogP contribution >= 0.6 is 11.6 Å². The molecule has 2 heterocycles. The van der Waals surface area contributed by atoms with Crippen molar-refractivity contribution < 1.29 is 4.79 Å². The van der Waals surface area contributed by atoms with E-state index in [-0.39, 0.29) is 11.4 Å². The van der Waals surface area contributed by atoms with Gasteiger partial charge in [0.1, 0.15) is 0 Å². The van der Waals surface area contributed by atoms with E-state index >= 15 is 0 Å². The second-order valence-corrected chi connectivity index (χ2v) is 4.74. The number of nitrogens with zero attached hydrogens (tertiary/aromatic N) is 1. The van der Waals surface area contributed by atoms with Gasteiger partial charge in [-0.1, -0.05) is 30.3 Å². The van der Waals surface area contributed by atoms with Gasteiger partial charge in [-0.3, -0.25) is 9.69 Å². The highest BCUT2D eigenvalue weighted by molar-refractivity contribution is 6.31. The fraction of sp³-hybridized carbons (Fsp3) is 0.154. The molecule has 1 atom stereocenters. The van der Waals surface area contributed by atoms with Crippen LogP contribution in [0.2, 0.25) is 5.02 Å². The first-order valence-corrected chi connectivity index (χ1v) is 5.44. The minimum absolute atomic E-state index is 0.0185. The number of allylic oxidation sites excluding steroid dienone is 1. The molecule has 3 heteroatoms. The normalized spacial score (nSPS) is 26.2. The minimum Gasteiger partial charge on any atom is -0.295 e. The average molecular weight is 232 g/mol. The summed E-state index contributed by atoms with van der Waals surface area (Å²) < 4.78 is 0. The Hall–Kier alpha value is -1.54. The van der Waals surface area contributed by atoms with Crippen LogP contribution in [0.1, 0.15) is 22.8 Å². The Kier molecular flexibility index (Phi) is 1.67. The van der Waals surface area contributed by atoms with E-state index < -0.39 is 0 Å². The van der Waals surface area contributed by atoms with E-state index in [1.54, 1.807) is 11.0 Å². The van der Waals surface area contributed by atoms with Gasteiger partial charge in [0.15, 0.2) is 0 Å². The van der Waals surface area contributed by atoms with Gasteiger partial charge in [-0.15, -0.1) is 0 Å². The van der Waals surface area contributed by atoms with Crippen molar-refractivity contribution in [2.24, 2.45) is 0 Å². The summed E-state index contributed by atoms with van der Waals surface area (Å²) in [4.78, 5) is 13.9. The van der Waals surface area contributed by atoms with Crippen LogP contribution in [-0.2, 0) is 5.54 Å². The first kappa shape index (κ1) is 9.67. The van der Waals surface area contributed by atoms with Gasteiger partial charge in [-0.25, -0.2) is 0 Å². The third kappa shape index (κ3) is 0.952. The number of benzene rings is 1. The summed E-state index contributed by atoms with van der Waals surface area (Å²) in [6, 6.07) is 5.46. The molecule has 0 aromatic heterocycles. The molecule has 80 valence electrons. The van der Waals surface area contributed by atoms with Gasteiger partial charge in [0.25, 0.3) is 5.91 Å². The lowest BCUT2D eigenvalue weighted by Gasteiger charge is -2.28. The highest BCUT2D eigenvalue weighted by atomic mass is 35.5. The molecule has 2 aliphatic heterocycles. The summed E-state index contributed by atoms with van der Waals surface area (Å²) in [6.07, 6.45) is 3.89. The van der Waals surface area contributed by atoms with Gasteiger partial charge in [-0.2, -0.15) is 0 Å². The molecule has 0 bridgehead atoms. The molecule has 1 aromatic rings. The van der Waals surface area contributed by atoms with Crippen LogP contribution in [-0.4, -0.2) is 10.8 Å². The largest absolute Gasteiger partial charge is 0.295 e. The van der Waals surface area contributed by atoms with Crippen LogP contribution in [0.4, 0.5) is 0 Å². The molecule has 0 spiro atoms. The fourth-order valence-corrected chi connectivity index (χ4v) is 2.68. The number of hydrogen-bond donors (Lipinski definition) is 0. The lowest BCUT2D eigenvalue weighted by molar-refractivity contribution is 0.0765. The molecular weight excluding hydrogens is 222 g/mol. The van der Waals surface area contributed by atoms with E-state index in [1.165, 1.54) is 0 Å². The average Bonchev–Trinajstić information content (AvgIpc) is 2.64. The summed E-state index contributed by atoms with van der Waals surface area (Å²) in [6.45, 7) is 5.90. The number of rotatable bonds is 0. The molecule has 0 aliphatic carbocycles. The molecule has 2 aliphatic rings. The van der Waals surface area contributed by atoms with Crippen molar-refractivity contribution in [2.75, 3.05) is 0 Å². The number of carbonyl (C=O) groups is 1. The van der Waals surface area contributed by atoms with Crippen molar-refractivity contribution in [2.45, 2.75) is 12.5 Å². The summed E-state index contributed by atoms with van der Waals surface area (Å²) in [5.41, 5.74) is 2.03. The Balaban J connectivity index is 2.31. The Morgan fingerprint density at radius 1 is 1.44 bits per heavy atom. The van der Waals surface area contributed by atoms with Gasteiger partial charge < -0.3 is 0 Å². The third-order valence-corrected chi connectivity index (χ3v) is 3.55. The van der Waals surface area contributed by atoms with Crippen LogP contribution in [0.15, 0.2) is 42.6 Å². The van der Waals surface area contributed by atoms with E-state index in [2.05, 4.69) is 6.58 Å². The van der Waals surface area contributed by atoms with E-state index in [1.807, 2.05) is 31.2 Å². The van der Waals surface area contributed by atoms with Crippen molar-refractivity contribution in [1.29, 1.82) is 0 Å². The van der Waals surface area contributed by atoms with E-state index in [9.17, 15) is 4.79 Å². The van der Waals surface area contributed by atoms with E-state index in [4.69, 9.17) is 11.6 Å². The molecule has 1 aromatic carbocycles. The van der Waals surface area contributed by atoms with E-state index in [0.717, 1.165) is 11.3 Å². The Labute approximate surface area is 98.8 Å². The third-order valence-electron chi connectivity index (χ3n) is 3.31. The van der Waals surface area contributed by atoms with Crippen molar-refractivity contribution in [3.63, 3.8) is 0 Å². The van der Waals surface area contributed by atoms with Crippen molar-refractivity contribution in [3.05, 3.63) is 58.8 Å². The number of amides is 1. The van der Waals surface area contributed by atoms with Gasteiger partial charge in [0, 0.05) is 16.3 Å². The van der Waals surface area contributed by atoms with Crippen LogP contribution in [0.5, 0.6) is 0 Å². The maximum atomic E-state index is 12.2. The summed E-state index contributed by atoms with van der Waals surface area (Å²) in [5.74, 6) is -0.0185. The zero-order valence-electron chi connectivity index (χ0n) is 8.83. The van der Waals surface area contributed by atoms with Crippen molar-refractivity contribution in [1.82, 2.24) is 4.90 Å². The summed E-state index contributed by atoms with van der Waals surface area (Å²) in [7, 11) is 0. The number of carbonyl (C=O) groups excluding carboxylic acids is 1. The molecule has 0 fully saturated rings. The number of fused-ring (bicyclic) bond motifs is 3. The minimum atomic E-state index is -0.381. The maximum Gasteiger partial charge on any atom is 0.259 e. The second-order valence-electron chi connectivity index (χ2n) is 4.30. The van der Waals surface area contributed by atoms with Gasteiger partial charge in [-0.05, 0) is 30.7 Å². The molecule has 0 radical (unpaired) electrons. The summed E-state index contributed by atoms with van der Waals surface area (Å²) in [5, 5.41) is 0.589. The molecule has 0 saturated heterocycles. The maximum absolute atomic E-state index is 12.2. The molecule has 0 unspecified atom stereocenters. The smallest absolute Gasteiger partial charge is 0.259 e. The van der Waals surface area contributed by atoms with Gasteiger partial charge in [0.2, 0.25) is 0 Å². The van der Waals surface area contributed by atoms with Crippen molar-refractivity contribution >= 4 is 17.5 Å². The first-order chi connectivity index (χ1) is 7.54. The molecular formula is C13H10ClNO. The lowest BCUT2D eigenvalue weighted by atomic mass is 9.93. The Morgan fingerprint density at radius 3 is 2.94 bits per heavy atom. The van der Waals surface area contributed by atoms with Crippen LogP contribution in [0.25, 0.3) is 0 Å². The lowest BCUT2D eigenvalue weighted by Crippen LogP contribution is -2.34. The predicted molar refractivity (Wildman–Crippen MR) is 63.3 cm³/mol. The van der Waals surface area contributed by atoms with Crippen LogP contribution < -0.4 is 0 Å². The standard InChI is InChI=1S/C13H10ClNO/c1-8-5-6-13(2)11-4-3-9(14)7-10(11)12(16)15(8)13/h3-7H,1H2,2H3/t13-/m0/s1. The van der Waals surface area contributed by atoms with Crippen LogP contribution in [0.3, 0.4) is 0 Å². The zero-order valence-corrected chi connectivity index (χ0v) is 9.58. The highest BCUT2D eigenvalue weighted by Crippen LogP contribution is 2.46. The molecule has 2 nitrogen and oxygen atoms in total. The number of halogens is 1. The SMILES string of the molecule is C=C1C=C[C@@]2(C)c3ccc(Cl)cc3C(=O)N12. The Bertz CT molecular complexity index is 561. The topological polar surface area (TPSA) is 20.3 Å². The fourth-order valence-electron chi connectivity index (χ4n) is 2.51. The predicted octanol–water partition coefficient (Wildman–Crippen LogP) is 3.09. The van der Waals surface area contributed by atoms with Gasteiger partial charge in [0.05, 0.1) is 5.54 Å². The van der Waals surface area contributed by atoms with Crippen molar-refractivity contribution in [3.8, 4) is 0 Å². The molecule has 1 amide bonds. The first-order valence-electron chi connectivity index (χ1n) is 5.07.